The Balaban J connectivity index is 1.89. The number of hydrogen-bond acceptors (Lipinski definition) is 3. The fourth-order valence-corrected chi connectivity index (χ4v) is 4.94. The van der Waals surface area contributed by atoms with Gasteiger partial charge in [-0.2, -0.15) is 0 Å². The number of aromatic nitrogens is 1. The quantitative estimate of drug-likeness (QED) is 0.398. The number of nitrogens with zero attached hydrogens (tertiary/aromatic N) is 1. The Morgan fingerprint density at radius 2 is 1.71 bits per heavy atom. The molecule has 0 saturated heterocycles. The first kappa shape index (κ1) is 22.1. The van der Waals surface area contributed by atoms with E-state index in [-0.39, 0.29) is 11.3 Å². The van der Waals surface area contributed by atoms with Crippen LogP contribution in [0, 0.1) is 11.6 Å². The van der Waals surface area contributed by atoms with Gasteiger partial charge in [-0.15, -0.1) is 0 Å². The molecule has 7 heteroatoms. The van der Waals surface area contributed by atoms with Crippen LogP contribution in [0.15, 0.2) is 60.7 Å². The second-order valence-corrected chi connectivity index (χ2v) is 9.42. The van der Waals surface area contributed by atoms with Gasteiger partial charge in [0.2, 0.25) is 0 Å². The number of benzene rings is 3. The normalized spacial score (nSPS) is 19.2. The molecule has 0 saturated carbocycles. The molecule has 34 heavy (non-hydrogen) atoms. The van der Waals surface area contributed by atoms with Crippen LogP contribution in [0.5, 0.6) is 5.75 Å². The summed E-state index contributed by atoms with van der Waals surface area (Å²) in [5.74, 6) is -2.91. The lowest BCUT2D eigenvalue weighted by Gasteiger charge is -2.43. The van der Waals surface area contributed by atoms with Gasteiger partial charge in [-0.05, 0) is 48.9 Å². The highest BCUT2D eigenvalue weighted by Gasteiger charge is 2.47. The van der Waals surface area contributed by atoms with E-state index >= 15 is 0 Å². The van der Waals surface area contributed by atoms with Crippen LogP contribution in [0.25, 0.3) is 16.6 Å². The standard InChI is InChI=1S/C27H23F2NO4/c1-26(2)14-34-27(3,16-9-7-15(8-10-16)25(32)33)23-22-20(5-4-6-21(22)31)30(24(23)26)17-11-12-18(28)19(29)13-17/h4-13,31H,14H2,1-3H3,(H,32,33). The van der Waals surface area contributed by atoms with Crippen molar-refractivity contribution in [1.29, 1.82) is 0 Å². The fraction of sp³-hybridized carbons (Fsp3) is 0.222. The predicted molar refractivity (Wildman–Crippen MR) is 124 cm³/mol. The molecular formula is C27H23F2NO4. The Labute approximate surface area is 194 Å². The molecule has 0 spiro atoms. The highest BCUT2D eigenvalue weighted by molar-refractivity contribution is 5.94. The van der Waals surface area contributed by atoms with Crippen LogP contribution >= 0.6 is 0 Å². The summed E-state index contributed by atoms with van der Waals surface area (Å²) in [6, 6.07) is 15.3. The van der Waals surface area contributed by atoms with Gasteiger partial charge in [-0.3, -0.25) is 0 Å². The van der Waals surface area contributed by atoms with Crippen molar-refractivity contribution < 1.29 is 28.5 Å². The number of fused-ring (bicyclic) bond motifs is 3. The van der Waals surface area contributed by atoms with Crippen LogP contribution in [0.3, 0.4) is 0 Å². The molecule has 0 radical (unpaired) electrons. The minimum atomic E-state index is -1.04. The smallest absolute Gasteiger partial charge is 0.335 e. The van der Waals surface area contributed by atoms with Gasteiger partial charge >= 0.3 is 5.97 Å². The summed E-state index contributed by atoms with van der Waals surface area (Å²) < 4.78 is 36.3. The molecule has 174 valence electrons. The third-order valence-electron chi connectivity index (χ3n) is 6.66. The summed E-state index contributed by atoms with van der Waals surface area (Å²) in [6.07, 6.45) is 0. The number of aromatic carboxylic acids is 1. The molecule has 4 aromatic rings. The van der Waals surface area contributed by atoms with Crippen molar-refractivity contribution in [2.75, 3.05) is 6.61 Å². The van der Waals surface area contributed by atoms with Crippen molar-refractivity contribution in [2.24, 2.45) is 0 Å². The van der Waals surface area contributed by atoms with E-state index in [1.165, 1.54) is 18.2 Å². The number of rotatable bonds is 3. The molecule has 3 aromatic carbocycles. The minimum absolute atomic E-state index is 0.0322. The molecule has 0 fully saturated rings. The molecule has 5 rings (SSSR count). The van der Waals surface area contributed by atoms with Crippen LogP contribution < -0.4 is 0 Å². The molecule has 1 aliphatic rings. The molecule has 1 aromatic heterocycles. The number of phenols is 1. The van der Waals surface area contributed by atoms with Crippen LogP contribution in [-0.2, 0) is 15.8 Å². The third-order valence-corrected chi connectivity index (χ3v) is 6.66. The lowest BCUT2D eigenvalue weighted by Crippen LogP contribution is -2.43. The summed E-state index contributed by atoms with van der Waals surface area (Å²) in [4.78, 5) is 11.4. The topological polar surface area (TPSA) is 71.7 Å². The number of hydrogen-bond donors (Lipinski definition) is 2. The van der Waals surface area contributed by atoms with Crippen molar-refractivity contribution in [3.8, 4) is 11.4 Å². The van der Waals surface area contributed by atoms with E-state index in [0.717, 1.165) is 17.8 Å². The summed E-state index contributed by atoms with van der Waals surface area (Å²) in [5.41, 5.74) is 1.82. The van der Waals surface area contributed by atoms with Crippen molar-refractivity contribution in [1.82, 2.24) is 4.57 Å². The maximum absolute atomic E-state index is 14.3. The van der Waals surface area contributed by atoms with Crippen LogP contribution in [0.1, 0.15) is 48.0 Å². The summed E-state index contributed by atoms with van der Waals surface area (Å²) in [7, 11) is 0. The lowest BCUT2D eigenvalue weighted by atomic mass is 9.75. The second kappa shape index (κ2) is 7.40. The van der Waals surface area contributed by atoms with Crippen molar-refractivity contribution in [3.63, 3.8) is 0 Å². The minimum Gasteiger partial charge on any atom is -0.507 e. The van der Waals surface area contributed by atoms with Crippen molar-refractivity contribution >= 4 is 16.9 Å². The predicted octanol–water partition coefficient (Wildman–Crippen LogP) is 5.88. The third kappa shape index (κ3) is 3.11. The zero-order valence-corrected chi connectivity index (χ0v) is 18.9. The van der Waals surface area contributed by atoms with Gasteiger partial charge in [0.15, 0.2) is 11.6 Å². The number of phenolic OH excluding ortho intramolecular Hbond substituents is 1. The average Bonchev–Trinajstić information content (AvgIpc) is 3.17. The summed E-state index contributed by atoms with van der Waals surface area (Å²) in [6.45, 7) is 6.16. The Kier molecular flexibility index (Phi) is 4.81. The van der Waals surface area contributed by atoms with Crippen molar-refractivity contribution in [3.05, 3.63) is 94.7 Å². The molecule has 1 unspecified atom stereocenters. The SMILES string of the molecule is CC1(C)COC(C)(c2ccc(C(=O)O)cc2)c2c1n(-c1ccc(F)c(F)c1)c1cccc(O)c21. The van der Waals surface area contributed by atoms with E-state index in [4.69, 9.17) is 4.74 Å². The second-order valence-electron chi connectivity index (χ2n) is 9.42. The lowest BCUT2D eigenvalue weighted by molar-refractivity contribution is -0.0437. The van der Waals surface area contributed by atoms with Crippen LogP contribution in [0.2, 0.25) is 0 Å². The molecule has 2 N–H and O–H groups in total. The summed E-state index contributed by atoms with van der Waals surface area (Å²) in [5, 5.41) is 20.8. The van der Waals surface area contributed by atoms with E-state index in [0.29, 0.717) is 34.3 Å². The molecular weight excluding hydrogens is 440 g/mol. The zero-order chi connectivity index (χ0) is 24.4. The largest absolute Gasteiger partial charge is 0.507 e. The molecule has 1 aliphatic heterocycles. The molecule has 0 bridgehead atoms. The number of carboxylic acid groups (broad SMARTS) is 1. The van der Waals surface area contributed by atoms with Gasteiger partial charge in [-0.1, -0.05) is 32.0 Å². The Morgan fingerprint density at radius 1 is 1.00 bits per heavy atom. The van der Waals surface area contributed by atoms with Crippen molar-refractivity contribution in [2.45, 2.75) is 31.8 Å². The number of ether oxygens (including phenoxy) is 1. The number of carbonyl (C=O) groups is 1. The number of aromatic hydroxyl groups is 1. The Morgan fingerprint density at radius 3 is 2.35 bits per heavy atom. The van der Waals surface area contributed by atoms with Gasteiger partial charge in [-0.25, -0.2) is 13.6 Å². The Hall–Kier alpha value is -3.71. The highest BCUT2D eigenvalue weighted by Crippen LogP contribution is 2.52. The zero-order valence-electron chi connectivity index (χ0n) is 18.9. The first-order chi connectivity index (χ1) is 16.0. The molecule has 0 aliphatic carbocycles. The number of halogens is 2. The van der Waals surface area contributed by atoms with Crippen LogP contribution in [0.4, 0.5) is 8.78 Å². The van der Waals surface area contributed by atoms with E-state index < -0.39 is 28.6 Å². The van der Waals surface area contributed by atoms with Gasteiger partial charge in [0.05, 0.1) is 17.7 Å². The first-order valence-electron chi connectivity index (χ1n) is 10.8. The van der Waals surface area contributed by atoms with Crippen LogP contribution in [-0.4, -0.2) is 27.4 Å². The molecule has 5 nitrogen and oxygen atoms in total. The monoisotopic (exact) mass is 463 g/mol. The molecule has 2 heterocycles. The maximum atomic E-state index is 14.3. The van der Waals surface area contributed by atoms with Gasteiger partial charge in [0, 0.05) is 33.8 Å². The molecule has 0 amide bonds. The van der Waals surface area contributed by atoms with E-state index in [9.17, 15) is 23.8 Å². The maximum Gasteiger partial charge on any atom is 0.335 e. The molecule has 1 atom stereocenters. The average molecular weight is 463 g/mol. The van der Waals surface area contributed by atoms with Gasteiger partial charge in [0.25, 0.3) is 0 Å². The number of carboxylic acids is 1. The van der Waals surface area contributed by atoms with Gasteiger partial charge in [0.1, 0.15) is 11.4 Å². The fourth-order valence-electron chi connectivity index (χ4n) is 4.94. The van der Waals surface area contributed by atoms with E-state index in [1.54, 1.807) is 24.3 Å². The van der Waals surface area contributed by atoms with E-state index in [1.807, 2.05) is 31.4 Å². The van der Waals surface area contributed by atoms with E-state index in [2.05, 4.69) is 0 Å². The van der Waals surface area contributed by atoms with Gasteiger partial charge < -0.3 is 19.5 Å². The first-order valence-corrected chi connectivity index (χ1v) is 10.8. The highest BCUT2D eigenvalue weighted by atomic mass is 19.2. The summed E-state index contributed by atoms with van der Waals surface area (Å²) >= 11 is 0. The Bertz CT molecular complexity index is 1460.